The van der Waals surface area contributed by atoms with Crippen molar-refractivity contribution in [3.05, 3.63) is 58.3 Å². The largest absolute Gasteiger partial charge is 0.481 e. The molecule has 5 rings (SSSR count). The van der Waals surface area contributed by atoms with Crippen LogP contribution in [0.2, 0.25) is 0 Å². The topological polar surface area (TPSA) is 94.6 Å². The van der Waals surface area contributed by atoms with Crippen LogP contribution in [0.3, 0.4) is 0 Å². The minimum Gasteiger partial charge on any atom is -0.481 e. The first-order chi connectivity index (χ1) is 17.6. The summed E-state index contributed by atoms with van der Waals surface area (Å²) in [6.45, 7) is 3.84. The Hall–Kier alpha value is -2.93. The van der Waals surface area contributed by atoms with Crippen LogP contribution in [-0.4, -0.2) is 59.6 Å². The van der Waals surface area contributed by atoms with Crippen molar-refractivity contribution in [3.63, 3.8) is 0 Å². The molecule has 3 N–H and O–H groups in total. The highest BCUT2D eigenvalue weighted by Crippen LogP contribution is 2.27. The monoisotopic (exact) mass is 490 g/mol. The molecule has 192 valence electrons. The molecule has 0 saturated carbocycles. The second-order valence-corrected chi connectivity index (χ2v) is 10.6. The average Bonchev–Trinajstić information content (AvgIpc) is 3.37. The molecule has 2 aliphatic heterocycles. The first kappa shape index (κ1) is 24.8. The molecule has 0 spiro atoms. The third-order valence-corrected chi connectivity index (χ3v) is 8.04. The number of likely N-dealkylation sites (tertiary alicyclic amines) is 1. The maximum atomic E-state index is 13.0. The summed E-state index contributed by atoms with van der Waals surface area (Å²) in [7, 11) is 0. The van der Waals surface area contributed by atoms with Gasteiger partial charge in [-0.15, -0.1) is 0 Å². The minimum atomic E-state index is -0.885. The van der Waals surface area contributed by atoms with Gasteiger partial charge in [0.1, 0.15) is 5.82 Å². The van der Waals surface area contributed by atoms with Crippen LogP contribution in [0.25, 0.3) is 0 Å². The zero-order valence-electron chi connectivity index (χ0n) is 21.1. The van der Waals surface area contributed by atoms with Gasteiger partial charge in [-0.25, -0.2) is 4.98 Å². The number of aliphatic carboxylic acids is 1. The lowest BCUT2D eigenvalue weighted by atomic mass is 9.94. The molecule has 1 aliphatic carbocycles. The van der Waals surface area contributed by atoms with E-state index in [1.54, 1.807) is 0 Å². The number of carbonyl (C=O) groups excluding carboxylic acids is 1. The number of nitrogens with zero attached hydrogens (tertiary/aromatic N) is 2. The van der Waals surface area contributed by atoms with E-state index in [0.29, 0.717) is 0 Å². The Morgan fingerprint density at radius 3 is 2.81 bits per heavy atom. The number of benzene rings is 1. The van der Waals surface area contributed by atoms with Crippen molar-refractivity contribution in [1.29, 1.82) is 0 Å². The summed E-state index contributed by atoms with van der Waals surface area (Å²) in [6.07, 6.45) is 9.29. The van der Waals surface area contributed by atoms with Gasteiger partial charge in [0.15, 0.2) is 0 Å². The van der Waals surface area contributed by atoms with Crippen molar-refractivity contribution in [2.45, 2.75) is 63.7 Å². The predicted molar refractivity (Wildman–Crippen MR) is 140 cm³/mol. The highest BCUT2D eigenvalue weighted by molar-refractivity contribution is 5.81. The number of aryl methyl sites for hydroxylation is 4. The number of rotatable bonds is 9. The van der Waals surface area contributed by atoms with Gasteiger partial charge in [0.2, 0.25) is 5.91 Å². The van der Waals surface area contributed by atoms with Gasteiger partial charge in [0.05, 0.1) is 11.8 Å². The first-order valence-electron chi connectivity index (χ1n) is 13.6. The lowest BCUT2D eigenvalue weighted by Gasteiger charge is -2.32. The number of pyridine rings is 1. The number of carboxylic acids is 1. The maximum absolute atomic E-state index is 13.0. The molecule has 36 heavy (non-hydrogen) atoms. The Morgan fingerprint density at radius 1 is 1.08 bits per heavy atom. The number of amides is 1. The van der Waals surface area contributed by atoms with Gasteiger partial charge in [-0.2, -0.15) is 0 Å². The lowest BCUT2D eigenvalue weighted by Crippen LogP contribution is -2.44. The van der Waals surface area contributed by atoms with Crippen LogP contribution in [0, 0.1) is 5.92 Å². The zero-order valence-corrected chi connectivity index (χ0v) is 21.1. The van der Waals surface area contributed by atoms with Crippen LogP contribution in [-0.2, 0) is 35.3 Å². The molecule has 3 aliphatic rings. The number of hydrogen-bond acceptors (Lipinski definition) is 5. The van der Waals surface area contributed by atoms with Crippen molar-refractivity contribution >= 4 is 17.7 Å². The van der Waals surface area contributed by atoms with E-state index in [4.69, 9.17) is 4.98 Å². The number of fused-ring (bicyclic) bond motifs is 2. The SMILES string of the molecule is O=C(NC[C@@H](C(=O)O)c1ccc2c(c1)CCC2)[C@@H]1CCCN(CCCc2ccc3c(n2)NCCC3)C1. The maximum Gasteiger partial charge on any atom is 0.312 e. The molecule has 0 unspecified atom stereocenters. The van der Waals surface area contributed by atoms with E-state index in [-0.39, 0.29) is 18.4 Å². The summed E-state index contributed by atoms with van der Waals surface area (Å²) >= 11 is 0. The lowest BCUT2D eigenvalue weighted by molar-refractivity contribution is -0.138. The molecule has 0 radical (unpaired) electrons. The van der Waals surface area contributed by atoms with Crippen LogP contribution in [0.15, 0.2) is 30.3 Å². The molecule has 0 bridgehead atoms. The quantitative estimate of drug-likeness (QED) is 0.498. The Balaban J connectivity index is 1.10. The molecular weight excluding hydrogens is 452 g/mol. The third kappa shape index (κ3) is 5.89. The van der Waals surface area contributed by atoms with E-state index in [9.17, 15) is 14.7 Å². The van der Waals surface area contributed by atoms with E-state index in [1.807, 2.05) is 12.1 Å². The van der Waals surface area contributed by atoms with Crippen molar-refractivity contribution < 1.29 is 14.7 Å². The van der Waals surface area contributed by atoms with Gasteiger partial charge in [0.25, 0.3) is 0 Å². The smallest absolute Gasteiger partial charge is 0.312 e. The molecule has 1 amide bonds. The summed E-state index contributed by atoms with van der Waals surface area (Å²) in [5.74, 6) is -0.649. The molecule has 1 aromatic carbocycles. The molecule has 2 aromatic rings. The second kappa shape index (κ2) is 11.4. The molecule has 3 heterocycles. The highest BCUT2D eigenvalue weighted by Gasteiger charge is 2.28. The molecule has 1 fully saturated rings. The summed E-state index contributed by atoms with van der Waals surface area (Å²) in [4.78, 5) is 32.1. The number of nitrogens with one attached hydrogen (secondary N) is 2. The van der Waals surface area contributed by atoms with Crippen molar-refractivity contribution in [2.75, 3.05) is 38.0 Å². The van der Waals surface area contributed by atoms with E-state index in [1.165, 1.54) is 23.1 Å². The fraction of sp³-hybridized carbons (Fsp3) is 0.552. The van der Waals surface area contributed by atoms with Gasteiger partial charge >= 0.3 is 5.97 Å². The fourth-order valence-corrected chi connectivity index (χ4v) is 5.97. The standard InChI is InChI=1S/C29H38N4O3/c34-28(31-18-26(29(35)36)23-11-10-20-5-1-6-22(20)17-23)24-8-3-15-33(19-24)16-4-9-25-13-12-21-7-2-14-30-27(21)32-25/h10-13,17,24,26H,1-9,14-16,18-19H2,(H,30,32)(H,31,34)(H,35,36)/t24-,26-/m1/s1. The molecule has 1 saturated heterocycles. The van der Waals surface area contributed by atoms with E-state index in [2.05, 4.69) is 33.7 Å². The average molecular weight is 491 g/mol. The molecule has 1 aromatic heterocycles. The Labute approximate surface area is 213 Å². The normalized spacial score (nSPS) is 20.2. The Bertz CT molecular complexity index is 1100. The fourth-order valence-electron chi connectivity index (χ4n) is 5.97. The van der Waals surface area contributed by atoms with Crippen LogP contribution in [0.5, 0.6) is 0 Å². The van der Waals surface area contributed by atoms with Gasteiger partial charge in [0, 0.05) is 25.3 Å². The van der Waals surface area contributed by atoms with Crippen LogP contribution in [0.4, 0.5) is 5.82 Å². The molecule has 2 atom stereocenters. The third-order valence-electron chi connectivity index (χ3n) is 8.04. The Kier molecular flexibility index (Phi) is 7.85. The van der Waals surface area contributed by atoms with Gasteiger partial charge in [-0.3, -0.25) is 9.59 Å². The number of carbonyl (C=O) groups is 2. The van der Waals surface area contributed by atoms with Crippen molar-refractivity contribution in [1.82, 2.24) is 15.2 Å². The minimum absolute atomic E-state index is 0.0189. The zero-order chi connectivity index (χ0) is 24.9. The number of anilines is 1. The molecule has 7 nitrogen and oxygen atoms in total. The van der Waals surface area contributed by atoms with Crippen molar-refractivity contribution in [3.8, 4) is 0 Å². The predicted octanol–water partition coefficient (Wildman–Crippen LogP) is 3.56. The summed E-state index contributed by atoms with van der Waals surface area (Å²) in [5, 5.41) is 16.2. The summed E-state index contributed by atoms with van der Waals surface area (Å²) < 4.78 is 0. The van der Waals surface area contributed by atoms with Crippen molar-refractivity contribution in [2.24, 2.45) is 5.92 Å². The van der Waals surface area contributed by atoms with Gasteiger partial charge in [-0.05, 0) is 99.2 Å². The second-order valence-electron chi connectivity index (χ2n) is 10.6. The van der Waals surface area contributed by atoms with Crippen LogP contribution >= 0.6 is 0 Å². The van der Waals surface area contributed by atoms with E-state index >= 15 is 0 Å². The highest BCUT2D eigenvalue weighted by atomic mass is 16.4. The van der Waals surface area contributed by atoms with E-state index < -0.39 is 11.9 Å². The van der Waals surface area contributed by atoms with Crippen LogP contribution < -0.4 is 10.6 Å². The first-order valence-corrected chi connectivity index (χ1v) is 13.6. The Morgan fingerprint density at radius 2 is 1.92 bits per heavy atom. The van der Waals surface area contributed by atoms with Crippen LogP contribution in [0.1, 0.15) is 66.0 Å². The van der Waals surface area contributed by atoms with Gasteiger partial charge in [-0.1, -0.05) is 24.3 Å². The number of piperidine rings is 1. The molecule has 7 heteroatoms. The summed E-state index contributed by atoms with van der Waals surface area (Å²) in [6, 6.07) is 10.4. The number of carboxylic acid groups (broad SMARTS) is 1. The number of aromatic nitrogens is 1. The number of hydrogen-bond donors (Lipinski definition) is 3. The van der Waals surface area contributed by atoms with Gasteiger partial charge < -0.3 is 20.6 Å². The van der Waals surface area contributed by atoms with E-state index in [0.717, 1.165) is 94.6 Å². The molecular formula is C29H38N4O3. The summed E-state index contributed by atoms with van der Waals surface area (Å²) in [5.41, 5.74) is 5.82.